The summed E-state index contributed by atoms with van der Waals surface area (Å²) in [6, 6.07) is 4.95. The molecule has 0 fully saturated rings. The Balaban J connectivity index is 2.74. The lowest BCUT2D eigenvalue weighted by Crippen LogP contribution is -2.39. The molecule has 1 aromatic rings. The van der Waals surface area contributed by atoms with E-state index in [9.17, 15) is 8.42 Å². The van der Waals surface area contributed by atoms with Crippen molar-refractivity contribution in [2.24, 2.45) is 0 Å². The van der Waals surface area contributed by atoms with E-state index >= 15 is 0 Å². The molecule has 1 rings (SSSR count). The monoisotopic (exact) mass is 358 g/mol. The average molecular weight is 359 g/mol. The molecule has 0 bridgehead atoms. The molecule has 0 heterocycles. The Kier molecular flexibility index (Phi) is 8.33. The quantitative estimate of drug-likeness (QED) is 0.524. The van der Waals surface area contributed by atoms with E-state index in [4.69, 9.17) is 17.0 Å². The van der Waals surface area contributed by atoms with Gasteiger partial charge in [0, 0.05) is 6.54 Å². The number of unbranched alkanes of at least 4 members (excludes halogenated alkanes) is 2. The van der Waals surface area contributed by atoms with Gasteiger partial charge in [-0.1, -0.05) is 26.7 Å². The van der Waals surface area contributed by atoms with Crippen LogP contribution in [0.25, 0.3) is 0 Å². The van der Waals surface area contributed by atoms with Crippen LogP contribution in [-0.2, 0) is 10.0 Å². The standard InChI is InChI=1S/C16H26N2O3S2/c1-4-6-10-17-16(22)18-23(19,20)15-9-8-14(12-13(15)3)21-11-7-5-2/h8-9,12H,4-7,10-11H2,1-3H3,(H2,17,18,22). The second kappa shape index (κ2) is 9.72. The Labute approximate surface area is 144 Å². The van der Waals surface area contributed by atoms with Crippen LogP contribution in [0.3, 0.4) is 0 Å². The van der Waals surface area contributed by atoms with Gasteiger partial charge in [-0.25, -0.2) is 8.42 Å². The van der Waals surface area contributed by atoms with E-state index in [0.29, 0.717) is 24.5 Å². The zero-order valence-electron chi connectivity index (χ0n) is 14.0. The average Bonchev–Trinajstić information content (AvgIpc) is 2.47. The van der Waals surface area contributed by atoms with Gasteiger partial charge in [0.1, 0.15) is 5.75 Å². The van der Waals surface area contributed by atoms with E-state index in [-0.39, 0.29) is 10.0 Å². The highest BCUT2D eigenvalue weighted by Crippen LogP contribution is 2.21. The first-order valence-electron chi connectivity index (χ1n) is 7.94. The summed E-state index contributed by atoms with van der Waals surface area (Å²) in [7, 11) is -3.68. The van der Waals surface area contributed by atoms with Gasteiger partial charge >= 0.3 is 0 Å². The molecule has 0 aromatic heterocycles. The predicted octanol–water partition coefficient (Wildman–Crippen LogP) is 3.13. The number of aryl methyl sites for hydroxylation is 1. The van der Waals surface area contributed by atoms with E-state index in [1.165, 1.54) is 0 Å². The molecule has 23 heavy (non-hydrogen) atoms. The third kappa shape index (κ3) is 6.74. The third-order valence-electron chi connectivity index (χ3n) is 3.25. The summed E-state index contributed by atoms with van der Waals surface area (Å²) in [5.41, 5.74) is 0.628. The molecule has 0 atom stereocenters. The molecule has 2 N–H and O–H groups in total. The van der Waals surface area contributed by atoms with Crippen molar-refractivity contribution >= 4 is 27.4 Å². The van der Waals surface area contributed by atoms with Crippen molar-refractivity contribution in [2.75, 3.05) is 13.2 Å². The van der Waals surface area contributed by atoms with Crippen molar-refractivity contribution in [3.8, 4) is 5.75 Å². The van der Waals surface area contributed by atoms with Crippen LogP contribution in [0.4, 0.5) is 0 Å². The van der Waals surface area contributed by atoms with Crippen LogP contribution in [0.2, 0.25) is 0 Å². The second-order valence-electron chi connectivity index (χ2n) is 5.34. The number of hydrogen-bond acceptors (Lipinski definition) is 4. The van der Waals surface area contributed by atoms with E-state index < -0.39 is 10.0 Å². The minimum Gasteiger partial charge on any atom is -0.494 e. The summed E-state index contributed by atoms with van der Waals surface area (Å²) in [5.74, 6) is 0.679. The van der Waals surface area contributed by atoms with E-state index in [0.717, 1.165) is 25.7 Å². The second-order valence-corrected chi connectivity index (χ2v) is 7.40. The maximum absolute atomic E-state index is 12.4. The number of ether oxygens (including phenoxy) is 1. The highest BCUT2D eigenvalue weighted by Gasteiger charge is 2.18. The molecule has 5 nitrogen and oxygen atoms in total. The lowest BCUT2D eigenvalue weighted by molar-refractivity contribution is 0.309. The van der Waals surface area contributed by atoms with Crippen LogP contribution in [0.5, 0.6) is 5.75 Å². The van der Waals surface area contributed by atoms with Gasteiger partial charge in [0.05, 0.1) is 11.5 Å². The fourth-order valence-corrected chi connectivity index (χ4v) is 3.53. The molecule has 0 aliphatic rings. The van der Waals surface area contributed by atoms with Crippen molar-refractivity contribution in [3.05, 3.63) is 23.8 Å². The Morgan fingerprint density at radius 1 is 1.22 bits per heavy atom. The highest BCUT2D eigenvalue weighted by atomic mass is 32.2. The zero-order chi connectivity index (χ0) is 17.3. The molecule has 0 saturated heterocycles. The van der Waals surface area contributed by atoms with Gasteiger partial charge in [0.2, 0.25) is 0 Å². The van der Waals surface area contributed by atoms with E-state index in [1.807, 2.05) is 0 Å². The van der Waals surface area contributed by atoms with E-state index in [2.05, 4.69) is 23.9 Å². The number of rotatable bonds is 9. The normalized spacial score (nSPS) is 11.1. The molecule has 0 spiro atoms. The van der Waals surface area contributed by atoms with Gasteiger partial charge in [-0.3, -0.25) is 4.72 Å². The van der Waals surface area contributed by atoms with Gasteiger partial charge in [-0.2, -0.15) is 0 Å². The molecule has 0 amide bonds. The smallest absolute Gasteiger partial charge is 0.263 e. The minimum atomic E-state index is -3.68. The molecular weight excluding hydrogens is 332 g/mol. The maximum atomic E-state index is 12.4. The van der Waals surface area contributed by atoms with Crippen LogP contribution < -0.4 is 14.8 Å². The molecule has 7 heteroatoms. The highest BCUT2D eigenvalue weighted by molar-refractivity contribution is 7.91. The van der Waals surface area contributed by atoms with Gasteiger partial charge in [0.25, 0.3) is 10.0 Å². The van der Waals surface area contributed by atoms with Crippen LogP contribution in [0.15, 0.2) is 23.1 Å². The zero-order valence-corrected chi connectivity index (χ0v) is 15.6. The molecule has 0 aliphatic carbocycles. The Bertz CT molecular complexity index is 616. The van der Waals surface area contributed by atoms with Crippen molar-refractivity contribution in [1.29, 1.82) is 0 Å². The van der Waals surface area contributed by atoms with E-state index in [1.54, 1.807) is 25.1 Å². The summed E-state index contributed by atoms with van der Waals surface area (Å²) in [6.45, 7) is 7.18. The molecule has 0 saturated carbocycles. The first-order chi connectivity index (χ1) is 10.9. The van der Waals surface area contributed by atoms with Crippen molar-refractivity contribution in [1.82, 2.24) is 10.0 Å². The van der Waals surface area contributed by atoms with Crippen molar-refractivity contribution in [2.45, 2.75) is 51.3 Å². The fraction of sp³-hybridized carbons (Fsp3) is 0.562. The van der Waals surface area contributed by atoms with Gasteiger partial charge in [-0.05, 0) is 55.7 Å². The first-order valence-corrected chi connectivity index (χ1v) is 9.84. The third-order valence-corrected chi connectivity index (χ3v) is 5.13. The number of nitrogens with one attached hydrogen (secondary N) is 2. The summed E-state index contributed by atoms with van der Waals surface area (Å²) < 4.78 is 32.8. The van der Waals surface area contributed by atoms with Gasteiger partial charge in [0.15, 0.2) is 5.11 Å². The van der Waals surface area contributed by atoms with Crippen LogP contribution in [0, 0.1) is 6.92 Å². The van der Waals surface area contributed by atoms with Crippen molar-refractivity contribution < 1.29 is 13.2 Å². The lowest BCUT2D eigenvalue weighted by atomic mass is 10.2. The minimum absolute atomic E-state index is 0.126. The lowest BCUT2D eigenvalue weighted by Gasteiger charge is -2.13. The summed E-state index contributed by atoms with van der Waals surface area (Å²) >= 11 is 5.03. The van der Waals surface area contributed by atoms with Crippen molar-refractivity contribution in [3.63, 3.8) is 0 Å². The molecule has 1 aromatic carbocycles. The number of sulfonamides is 1. The molecular formula is C16H26N2O3S2. The Morgan fingerprint density at radius 3 is 2.52 bits per heavy atom. The van der Waals surface area contributed by atoms with Gasteiger partial charge < -0.3 is 10.1 Å². The Hall–Kier alpha value is -1.34. The van der Waals surface area contributed by atoms with Crippen LogP contribution in [0.1, 0.15) is 45.1 Å². The van der Waals surface area contributed by atoms with Gasteiger partial charge in [-0.15, -0.1) is 0 Å². The maximum Gasteiger partial charge on any atom is 0.263 e. The number of benzene rings is 1. The largest absolute Gasteiger partial charge is 0.494 e. The molecule has 130 valence electrons. The molecule has 0 aliphatic heterocycles. The van der Waals surface area contributed by atoms with Crippen LogP contribution in [-0.4, -0.2) is 26.7 Å². The Morgan fingerprint density at radius 2 is 1.91 bits per heavy atom. The SMILES string of the molecule is CCCCNC(=S)NS(=O)(=O)c1ccc(OCCCC)cc1C. The molecule has 0 unspecified atom stereocenters. The molecule has 0 radical (unpaired) electrons. The fourth-order valence-electron chi connectivity index (χ4n) is 1.94. The predicted molar refractivity (Wildman–Crippen MR) is 97.4 cm³/mol. The number of hydrogen-bond donors (Lipinski definition) is 2. The topological polar surface area (TPSA) is 67.4 Å². The summed E-state index contributed by atoms with van der Waals surface area (Å²) in [4.78, 5) is 0.208. The number of thiocarbonyl (C=S) groups is 1. The van der Waals surface area contributed by atoms with Crippen LogP contribution >= 0.6 is 12.2 Å². The first kappa shape index (κ1) is 19.7. The summed E-state index contributed by atoms with van der Waals surface area (Å²) in [6.07, 6.45) is 3.97. The summed E-state index contributed by atoms with van der Waals surface area (Å²) in [5, 5.41) is 3.02.